The van der Waals surface area contributed by atoms with Gasteiger partial charge in [0.25, 0.3) is 0 Å². The summed E-state index contributed by atoms with van der Waals surface area (Å²) in [5.41, 5.74) is 2.04. The predicted molar refractivity (Wildman–Crippen MR) is 106 cm³/mol. The van der Waals surface area contributed by atoms with Crippen molar-refractivity contribution in [3.05, 3.63) is 88.2 Å². The summed E-state index contributed by atoms with van der Waals surface area (Å²) in [6.45, 7) is 1.86. The summed E-state index contributed by atoms with van der Waals surface area (Å²) in [5.74, 6) is 1.07. The molecule has 0 saturated carbocycles. The van der Waals surface area contributed by atoms with Gasteiger partial charge in [-0.1, -0.05) is 46.3 Å². The molecule has 0 radical (unpaired) electrons. The molecule has 5 heteroatoms. The summed E-state index contributed by atoms with van der Waals surface area (Å²) in [7, 11) is 0. The SMILES string of the molecule is CC(NC(=O)C=Cc1ccc(Br)cc1)C1=COC=C(C2=CC=CCC2)O1. The van der Waals surface area contributed by atoms with Crippen LogP contribution in [0.5, 0.6) is 0 Å². The summed E-state index contributed by atoms with van der Waals surface area (Å²) in [6.07, 6.45) is 14.4. The number of hydrogen-bond acceptors (Lipinski definition) is 3. The first-order chi connectivity index (χ1) is 12.6. The number of nitrogens with one attached hydrogen (secondary N) is 1. The Morgan fingerprint density at radius 3 is 2.81 bits per heavy atom. The van der Waals surface area contributed by atoms with Crippen molar-refractivity contribution in [3.8, 4) is 0 Å². The Bertz CT molecular complexity index is 816. The van der Waals surface area contributed by atoms with Crippen molar-refractivity contribution >= 4 is 27.9 Å². The number of amides is 1. The van der Waals surface area contributed by atoms with E-state index in [9.17, 15) is 4.79 Å². The van der Waals surface area contributed by atoms with Crippen LogP contribution in [-0.4, -0.2) is 11.9 Å². The second-order valence-electron chi connectivity index (χ2n) is 6.01. The zero-order valence-corrected chi connectivity index (χ0v) is 16.0. The summed E-state index contributed by atoms with van der Waals surface area (Å²) in [4.78, 5) is 12.2. The van der Waals surface area contributed by atoms with E-state index in [1.165, 1.54) is 12.3 Å². The molecule has 0 fully saturated rings. The zero-order chi connectivity index (χ0) is 18.4. The standard InChI is InChI=1S/C21H20BrNO3/c1-15(23-21(24)12-9-16-7-10-18(22)11-8-16)19-13-25-14-20(26-19)17-5-3-2-4-6-17/h2-3,5,7-15H,4,6H2,1H3,(H,23,24). The maximum absolute atomic E-state index is 12.2. The Balaban J connectivity index is 1.55. The zero-order valence-electron chi connectivity index (χ0n) is 14.4. The highest BCUT2D eigenvalue weighted by Crippen LogP contribution is 2.27. The van der Waals surface area contributed by atoms with Gasteiger partial charge in [0.15, 0.2) is 11.5 Å². The van der Waals surface area contributed by atoms with Crippen LogP contribution < -0.4 is 5.32 Å². The molecule has 1 heterocycles. The van der Waals surface area contributed by atoms with Crippen molar-refractivity contribution < 1.29 is 14.3 Å². The molecule has 1 aliphatic carbocycles. The second kappa shape index (κ2) is 8.72. The summed E-state index contributed by atoms with van der Waals surface area (Å²) in [6, 6.07) is 7.42. The van der Waals surface area contributed by atoms with Crippen LogP contribution in [0.1, 0.15) is 25.3 Å². The normalized spacial score (nSPS) is 17.5. The fourth-order valence-electron chi connectivity index (χ4n) is 2.56. The molecule has 3 rings (SSSR count). The number of rotatable bonds is 5. The lowest BCUT2D eigenvalue weighted by molar-refractivity contribution is -0.117. The van der Waals surface area contributed by atoms with Gasteiger partial charge in [-0.15, -0.1) is 0 Å². The third-order valence-electron chi connectivity index (χ3n) is 4.00. The number of benzene rings is 1. The van der Waals surface area contributed by atoms with Crippen molar-refractivity contribution in [2.24, 2.45) is 0 Å². The number of carbonyl (C=O) groups is 1. The molecule has 0 saturated heterocycles. The molecule has 0 spiro atoms. The van der Waals surface area contributed by atoms with Gasteiger partial charge in [-0.3, -0.25) is 4.79 Å². The van der Waals surface area contributed by atoms with Crippen LogP contribution in [0, 0.1) is 0 Å². The second-order valence-corrected chi connectivity index (χ2v) is 6.93. The third-order valence-corrected chi connectivity index (χ3v) is 4.53. The quantitative estimate of drug-likeness (QED) is 0.692. The lowest BCUT2D eigenvalue weighted by Crippen LogP contribution is -2.34. The lowest BCUT2D eigenvalue weighted by atomic mass is 10.0. The molecule has 0 bridgehead atoms. The summed E-state index contributed by atoms with van der Waals surface area (Å²) < 4.78 is 12.3. The van der Waals surface area contributed by atoms with E-state index in [0.29, 0.717) is 11.5 Å². The van der Waals surface area contributed by atoms with Gasteiger partial charge < -0.3 is 14.8 Å². The Kier molecular flexibility index (Phi) is 6.12. The average molecular weight is 414 g/mol. The molecule has 1 aromatic rings. The first-order valence-electron chi connectivity index (χ1n) is 8.45. The van der Waals surface area contributed by atoms with Gasteiger partial charge in [0, 0.05) is 10.5 Å². The van der Waals surface area contributed by atoms with Crippen LogP contribution in [0.15, 0.2) is 82.7 Å². The van der Waals surface area contributed by atoms with E-state index < -0.39 is 0 Å². The van der Waals surface area contributed by atoms with Gasteiger partial charge in [0.05, 0.1) is 6.04 Å². The molecule has 1 N–H and O–H groups in total. The summed E-state index contributed by atoms with van der Waals surface area (Å²) in [5, 5.41) is 2.89. The molecule has 26 heavy (non-hydrogen) atoms. The van der Waals surface area contributed by atoms with E-state index >= 15 is 0 Å². The Morgan fingerprint density at radius 2 is 2.08 bits per heavy atom. The number of carbonyl (C=O) groups excluding carboxylic acids is 1. The third kappa shape index (κ3) is 4.99. The van der Waals surface area contributed by atoms with E-state index in [4.69, 9.17) is 9.47 Å². The van der Waals surface area contributed by atoms with Crippen LogP contribution in [0.2, 0.25) is 0 Å². The highest BCUT2D eigenvalue weighted by atomic mass is 79.9. The molecule has 1 aromatic carbocycles. The van der Waals surface area contributed by atoms with Crippen LogP contribution in [0.25, 0.3) is 6.08 Å². The van der Waals surface area contributed by atoms with E-state index in [2.05, 4.69) is 27.3 Å². The van der Waals surface area contributed by atoms with Crippen LogP contribution in [-0.2, 0) is 14.3 Å². The van der Waals surface area contributed by atoms with Gasteiger partial charge in [0.1, 0.15) is 12.5 Å². The minimum atomic E-state index is -0.305. The molecular weight excluding hydrogens is 394 g/mol. The molecule has 2 aliphatic rings. The predicted octanol–water partition coefficient (Wildman–Crippen LogP) is 4.97. The van der Waals surface area contributed by atoms with Crippen molar-refractivity contribution in [2.45, 2.75) is 25.8 Å². The monoisotopic (exact) mass is 413 g/mol. The van der Waals surface area contributed by atoms with E-state index in [1.54, 1.807) is 12.3 Å². The number of ether oxygens (including phenoxy) is 2. The molecule has 1 aliphatic heterocycles. The Labute approximate surface area is 161 Å². The number of halogens is 1. The highest BCUT2D eigenvalue weighted by molar-refractivity contribution is 9.10. The van der Waals surface area contributed by atoms with Crippen LogP contribution in [0.3, 0.4) is 0 Å². The van der Waals surface area contributed by atoms with Crippen molar-refractivity contribution in [1.82, 2.24) is 5.32 Å². The number of allylic oxidation sites excluding steroid dienone is 4. The van der Waals surface area contributed by atoms with Gasteiger partial charge in [-0.25, -0.2) is 0 Å². The lowest BCUT2D eigenvalue weighted by Gasteiger charge is -2.23. The summed E-state index contributed by atoms with van der Waals surface area (Å²) >= 11 is 3.39. The van der Waals surface area contributed by atoms with Crippen molar-refractivity contribution in [3.63, 3.8) is 0 Å². The van der Waals surface area contributed by atoms with Crippen LogP contribution >= 0.6 is 15.9 Å². The highest BCUT2D eigenvalue weighted by Gasteiger charge is 2.20. The molecule has 1 amide bonds. The van der Waals surface area contributed by atoms with Gasteiger partial charge >= 0.3 is 0 Å². The van der Waals surface area contributed by atoms with Crippen LogP contribution in [0.4, 0.5) is 0 Å². The van der Waals surface area contributed by atoms with Crippen molar-refractivity contribution in [1.29, 1.82) is 0 Å². The first kappa shape index (κ1) is 18.3. The molecule has 0 aromatic heterocycles. The molecule has 1 atom stereocenters. The Morgan fingerprint density at radius 1 is 1.27 bits per heavy atom. The van der Waals surface area contributed by atoms with E-state index in [-0.39, 0.29) is 11.9 Å². The molecule has 4 nitrogen and oxygen atoms in total. The first-order valence-corrected chi connectivity index (χ1v) is 9.25. The van der Waals surface area contributed by atoms with Gasteiger partial charge in [-0.2, -0.15) is 0 Å². The Hall–Kier alpha value is -2.53. The maximum Gasteiger partial charge on any atom is 0.244 e. The average Bonchev–Trinajstić information content (AvgIpc) is 2.68. The molecular formula is C21H20BrNO3. The minimum Gasteiger partial charge on any atom is -0.465 e. The topological polar surface area (TPSA) is 47.6 Å². The van der Waals surface area contributed by atoms with Gasteiger partial charge in [-0.05, 0) is 49.1 Å². The minimum absolute atomic E-state index is 0.194. The van der Waals surface area contributed by atoms with Gasteiger partial charge in [0.2, 0.25) is 5.91 Å². The molecule has 1 unspecified atom stereocenters. The molecule has 134 valence electrons. The largest absolute Gasteiger partial charge is 0.465 e. The van der Waals surface area contributed by atoms with Crippen molar-refractivity contribution in [2.75, 3.05) is 0 Å². The maximum atomic E-state index is 12.2. The fourth-order valence-corrected chi connectivity index (χ4v) is 2.82. The van der Waals surface area contributed by atoms with E-state index in [0.717, 1.165) is 28.5 Å². The smallest absolute Gasteiger partial charge is 0.244 e. The fraction of sp³-hybridized carbons (Fsp3) is 0.190. The van der Waals surface area contributed by atoms with E-state index in [1.807, 2.05) is 43.3 Å². The number of hydrogen-bond donors (Lipinski definition) is 1.